The van der Waals surface area contributed by atoms with E-state index in [-0.39, 0.29) is 0 Å². The molecule has 4 rings (SSSR count). The highest BCUT2D eigenvalue weighted by Crippen LogP contribution is 2.20. The van der Waals surface area contributed by atoms with E-state index in [9.17, 15) is 0 Å². The molecule has 1 aliphatic heterocycles. The number of hydrogen-bond donors (Lipinski definition) is 2. The lowest BCUT2D eigenvalue weighted by molar-refractivity contribution is 0.134. The lowest BCUT2D eigenvalue weighted by Crippen LogP contribution is -2.51. The van der Waals surface area contributed by atoms with Gasteiger partial charge in [0.05, 0.1) is 11.9 Å². The molecule has 2 unspecified atom stereocenters. The van der Waals surface area contributed by atoms with Gasteiger partial charge < -0.3 is 10.6 Å². The Morgan fingerprint density at radius 3 is 2.53 bits per heavy atom. The number of likely N-dealkylation sites (tertiary alicyclic amines) is 1. The second kappa shape index (κ2) is 11.0. The van der Waals surface area contributed by atoms with Gasteiger partial charge >= 0.3 is 0 Å². The van der Waals surface area contributed by atoms with Crippen molar-refractivity contribution < 1.29 is 0 Å². The topological polar surface area (TPSA) is 57.5 Å². The molecular weight excluding hydrogens is 396 g/mol. The summed E-state index contributed by atoms with van der Waals surface area (Å²) in [6.07, 6.45) is 7.19. The maximum absolute atomic E-state index is 4.48. The van der Waals surface area contributed by atoms with E-state index in [4.69, 9.17) is 0 Å². The van der Waals surface area contributed by atoms with Crippen LogP contribution >= 0.6 is 0 Å². The zero-order chi connectivity index (χ0) is 22.2. The summed E-state index contributed by atoms with van der Waals surface area (Å²) < 4.78 is 1.92. The van der Waals surface area contributed by atoms with E-state index in [0.29, 0.717) is 12.1 Å². The van der Waals surface area contributed by atoms with Crippen molar-refractivity contribution in [3.8, 4) is 5.69 Å². The molecule has 0 saturated carbocycles. The first-order chi connectivity index (χ1) is 15.7. The Bertz CT molecular complexity index is 982. The Morgan fingerprint density at radius 1 is 1.06 bits per heavy atom. The zero-order valence-corrected chi connectivity index (χ0v) is 19.1. The van der Waals surface area contributed by atoms with E-state index in [1.165, 1.54) is 11.1 Å². The van der Waals surface area contributed by atoms with Gasteiger partial charge in [-0.3, -0.25) is 9.89 Å². The number of hydrogen-bond acceptors (Lipinski definition) is 3. The number of guanidine groups is 1. The third-order valence-corrected chi connectivity index (χ3v) is 6.17. The lowest BCUT2D eigenvalue weighted by atomic mass is 9.97. The molecule has 3 aromatic rings. The normalized spacial score (nSPS) is 19.6. The highest BCUT2D eigenvalue weighted by molar-refractivity contribution is 5.79. The van der Waals surface area contributed by atoms with Crippen molar-refractivity contribution in [1.29, 1.82) is 0 Å². The number of nitrogens with one attached hydrogen (secondary N) is 2. The van der Waals surface area contributed by atoms with Crippen molar-refractivity contribution in [2.45, 2.75) is 44.8 Å². The summed E-state index contributed by atoms with van der Waals surface area (Å²) in [5.41, 5.74) is 3.68. The Morgan fingerprint density at radius 2 is 1.81 bits per heavy atom. The first kappa shape index (κ1) is 22.1. The monoisotopic (exact) mass is 430 g/mol. The Kier molecular flexibility index (Phi) is 7.56. The summed E-state index contributed by atoms with van der Waals surface area (Å²) in [7, 11) is 1.84. The molecule has 0 bridgehead atoms. The minimum atomic E-state index is 0.448. The first-order valence-corrected chi connectivity index (χ1v) is 11.6. The third kappa shape index (κ3) is 5.98. The average molecular weight is 431 g/mol. The average Bonchev–Trinajstić information content (AvgIpc) is 3.30. The number of nitrogens with zero attached hydrogens (tertiary/aromatic N) is 4. The van der Waals surface area contributed by atoms with Crippen LogP contribution in [0.15, 0.2) is 78.0 Å². The number of para-hydroxylation sites is 1. The second-order valence-electron chi connectivity index (χ2n) is 8.55. The zero-order valence-electron chi connectivity index (χ0n) is 19.1. The molecular formula is C26H34N6. The second-order valence-corrected chi connectivity index (χ2v) is 8.55. The predicted molar refractivity (Wildman–Crippen MR) is 131 cm³/mol. The molecule has 2 aromatic carbocycles. The van der Waals surface area contributed by atoms with Crippen molar-refractivity contribution in [3.05, 3.63) is 84.2 Å². The van der Waals surface area contributed by atoms with Crippen LogP contribution in [0.25, 0.3) is 5.69 Å². The molecule has 168 valence electrons. The largest absolute Gasteiger partial charge is 0.356 e. The van der Waals surface area contributed by atoms with Gasteiger partial charge in [0.1, 0.15) is 0 Å². The van der Waals surface area contributed by atoms with E-state index in [0.717, 1.165) is 50.5 Å². The molecule has 0 aliphatic carbocycles. The van der Waals surface area contributed by atoms with Gasteiger partial charge in [-0.05, 0) is 49.4 Å². The quantitative estimate of drug-likeness (QED) is 0.444. The molecule has 0 amide bonds. The van der Waals surface area contributed by atoms with Crippen molar-refractivity contribution >= 4 is 5.96 Å². The SMILES string of the molecule is CN=C(NCCc1cnn(-c2ccccc2)c1)NC1CCN(Cc2ccccc2)C(C)C1. The molecule has 1 fully saturated rings. The number of aliphatic imine (C=N–C) groups is 1. The molecule has 32 heavy (non-hydrogen) atoms. The Balaban J connectivity index is 1.21. The van der Waals surface area contributed by atoms with Crippen LogP contribution in [0.4, 0.5) is 0 Å². The van der Waals surface area contributed by atoms with Crippen LogP contribution in [-0.2, 0) is 13.0 Å². The van der Waals surface area contributed by atoms with Gasteiger partial charge in [-0.15, -0.1) is 0 Å². The van der Waals surface area contributed by atoms with Gasteiger partial charge in [0.25, 0.3) is 0 Å². The maximum atomic E-state index is 4.48. The van der Waals surface area contributed by atoms with Crippen molar-refractivity contribution in [3.63, 3.8) is 0 Å². The minimum absolute atomic E-state index is 0.448. The molecule has 0 spiro atoms. The number of aromatic nitrogens is 2. The lowest BCUT2D eigenvalue weighted by Gasteiger charge is -2.38. The van der Waals surface area contributed by atoms with Crippen LogP contribution in [-0.4, -0.2) is 52.9 Å². The van der Waals surface area contributed by atoms with E-state index < -0.39 is 0 Å². The molecule has 0 radical (unpaired) electrons. The Labute approximate surface area is 191 Å². The summed E-state index contributed by atoms with van der Waals surface area (Å²) in [5.74, 6) is 0.883. The number of rotatable bonds is 7. The van der Waals surface area contributed by atoms with Gasteiger partial charge in [0, 0.05) is 45.0 Å². The third-order valence-electron chi connectivity index (χ3n) is 6.17. The smallest absolute Gasteiger partial charge is 0.191 e. The van der Waals surface area contributed by atoms with Crippen LogP contribution in [0.1, 0.15) is 30.9 Å². The van der Waals surface area contributed by atoms with Crippen molar-refractivity contribution in [2.75, 3.05) is 20.1 Å². The van der Waals surface area contributed by atoms with Crippen LogP contribution < -0.4 is 10.6 Å². The van der Waals surface area contributed by atoms with Gasteiger partial charge in [-0.2, -0.15) is 5.10 Å². The van der Waals surface area contributed by atoms with E-state index in [1.54, 1.807) is 0 Å². The predicted octanol–water partition coefficient (Wildman–Crippen LogP) is 3.63. The van der Waals surface area contributed by atoms with E-state index in [2.05, 4.69) is 81.2 Å². The van der Waals surface area contributed by atoms with Crippen molar-refractivity contribution in [1.82, 2.24) is 25.3 Å². The maximum Gasteiger partial charge on any atom is 0.191 e. The highest BCUT2D eigenvalue weighted by atomic mass is 15.3. The van der Waals surface area contributed by atoms with Gasteiger partial charge in [0.2, 0.25) is 0 Å². The van der Waals surface area contributed by atoms with Crippen LogP contribution in [0.5, 0.6) is 0 Å². The van der Waals surface area contributed by atoms with Gasteiger partial charge in [-0.1, -0.05) is 48.5 Å². The molecule has 1 aliphatic rings. The molecule has 6 heteroatoms. The summed E-state index contributed by atoms with van der Waals surface area (Å²) in [6.45, 7) is 5.28. The van der Waals surface area contributed by atoms with Crippen LogP contribution in [0.2, 0.25) is 0 Å². The highest BCUT2D eigenvalue weighted by Gasteiger charge is 2.25. The van der Waals surface area contributed by atoms with Gasteiger partial charge in [0.15, 0.2) is 5.96 Å². The fraction of sp³-hybridized carbons (Fsp3) is 0.385. The first-order valence-electron chi connectivity index (χ1n) is 11.6. The molecule has 6 nitrogen and oxygen atoms in total. The van der Waals surface area contributed by atoms with Gasteiger partial charge in [-0.25, -0.2) is 4.68 Å². The summed E-state index contributed by atoms with van der Waals surface area (Å²) in [4.78, 5) is 7.02. The van der Waals surface area contributed by atoms with E-state index in [1.807, 2.05) is 36.1 Å². The molecule has 2 atom stereocenters. The summed E-state index contributed by atoms with van der Waals surface area (Å²) >= 11 is 0. The molecule has 2 N–H and O–H groups in total. The van der Waals surface area contributed by atoms with Crippen LogP contribution in [0.3, 0.4) is 0 Å². The molecule has 1 aromatic heterocycles. The fourth-order valence-corrected chi connectivity index (χ4v) is 4.33. The standard InChI is InChI=1S/C26H34N6/c1-21-17-24(14-16-31(21)19-22-9-5-3-6-10-22)30-26(27-2)28-15-13-23-18-29-32(20-23)25-11-7-4-8-12-25/h3-12,18,20-21,24H,13-17,19H2,1-2H3,(H2,27,28,30). The number of piperidine rings is 1. The number of benzene rings is 2. The Hall–Kier alpha value is -3.12. The van der Waals surface area contributed by atoms with E-state index >= 15 is 0 Å². The summed E-state index contributed by atoms with van der Waals surface area (Å²) in [6, 6.07) is 21.9. The minimum Gasteiger partial charge on any atom is -0.356 e. The fourth-order valence-electron chi connectivity index (χ4n) is 4.33. The molecule has 2 heterocycles. The van der Waals surface area contributed by atoms with Crippen molar-refractivity contribution in [2.24, 2.45) is 4.99 Å². The summed E-state index contributed by atoms with van der Waals surface area (Å²) in [5, 5.41) is 11.6. The molecule has 1 saturated heterocycles. The van der Waals surface area contributed by atoms with Crippen LogP contribution in [0, 0.1) is 0 Å².